The lowest BCUT2D eigenvalue weighted by Crippen LogP contribution is -2.09. The molecule has 0 unspecified atom stereocenters. The van der Waals surface area contributed by atoms with Gasteiger partial charge in [0.15, 0.2) is 0 Å². The molecule has 0 amide bonds. The summed E-state index contributed by atoms with van der Waals surface area (Å²) in [4.78, 5) is 14.2. The summed E-state index contributed by atoms with van der Waals surface area (Å²) in [7, 11) is 0. The molecule has 0 radical (unpaired) electrons. The minimum atomic E-state index is -0.541. The third-order valence-corrected chi connectivity index (χ3v) is 0.912. The van der Waals surface area contributed by atoms with E-state index in [-0.39, 0.29) is 6.08 Å². The second-order valence-electron chi connectivity index (χ2n) is 1.62. The average molecular weight is 141 g/mol. The number of ether oxygens (including phenoxy) is 2. The fourth-order valence-corrected chi connectivity index (χ4v) is 0.505. The summed E-state index contributed by atoms with van der Waals surface area (Å²) in [6.45, 7) is 4.26. The SMILES string of the molecule is C=CC(=O)OC1=NCCO1. The minimum Gasteiger partial charge on any atom is -0.448 e. The Bertz CT molecular complexity index is 185. The van der Waals surface area contributed by atoms with Crippen LogP contribution in [0.15, 0.2) is 17.6 Å². The lowest BCUT2D eigenvalue weighted by atomic mass is 10.7. The number of aliphatic imine (C=N–C) groups is 1. The maximum atomic E-state index is 10.5. The molecule has 0 aliphatic carbocycles. The fraction of sp³-hybridized carbons (Fsp3) is 0.333. The highest BCUT2D eigenvalue weighted by molar-refractivity contribution is 5.91. The molecule has 0 fully saturated rings. The highest BCUT2D eigenvalue weighted by Crippen LogP contribution is 1.95. The monoisotopic (exact) mass is 141 g/mol. The predicted molar refractivity (Wildman–Crippen MR) is 34.5 cm³/mol. The van der Waals surface area contributed by atoms with Gasteiger partial charge in [-0.1, -0.05) is 6.58 Å². The van der Waals surface area contributed by atoms with Crippen LogP contribution in [-0.2, 0) is 14.3 Å². The van der Waals surface area contributed by atoms with Crippen LogP contribution in [0, 0.1) is 0 Å². The molecule has 4 heteroatoms. The quantitative estimate of drug-likeness (QED) is 0.384. The molecule has 1 rings (SSSR count). The zero-order valence-corrected chi connectivity index (χ0v) is 5.37. The Morgan fingerprint density at radius 3 is 3.20 bits per heavy atom. The Kier molecular flexibility index (Phi) is 2.04. The highest BCUT2D eigenvalue weighted by atomic mass is 16.7. The van der Waals surface area contributed by atoms with Crippen molar-refractivity contribution in [2.24, 2.45) is 4.99 Å². The Labute approximate surface area is 58.2 Å². The number of rotatable bonds is 1. The maximum Gasteiger partial charge on any atom is 0.391 e. The van der Waals surface area contributed by atoms with Crippen LogP contribution in [0.1, 0.15) is 0 Å². The number of hydrogen-bond donors (Lipinski definition) is 0. The Balaban J connectivity index is 2.37. The van der Waals surface area contributed by atoms with Crippen molar-refractivity contribution >= 4 is 12.1 Å². The van der Waals surface area contributed by atoms with E-state index in [0.29, 0.717) is 13.2 Å². The smallest absolute Gasteiger partial charge is 0.391 e. The molecule has 1 aliphatic heterocycles. The van der Waals surface area contributed by atoms with Gasteiger partial charge in [0, 0.05) is 6.08 Å². The van der Waals surface area contributed by atoms with E-state index in [9.17, 15) is 4.79 Å². The van der Waals surface area contributed by atoms with Crippen molar-refractivity contribution < 1.29 is 14.3 Å². The van der Waals surface area contributed by atoms with Crippen LogP contribution >= 0.6 is 0 Å². The molecular formula is C6H7NO3. The summed E-state index contributed by atoms with van der Waals surface area (Å²) >= 11 is 0. The molecular weight excluding hydrogens is 134 g/mol. The number of nitrogens with zero attached hydrogens (tertiary/aromatic N) is 1. The zero-order chi connectivity index (χ0) is 7.40. The first-order valence-corrected chi connectivity index (χ1v) is 2.84. The van der Waals surface area contributed by atoms with Crippen molar-refractivity contribution in [3.63, 3.8) is 0 Å². The predicted octanol–water partition coefficient (Wildman–Crippen LogP) is 0.102. The van der Waals surface area contributed by atoms with Crippen molar-refractivity contribution in [3.8, 4) is 0 Å². The fourth-order valence-electron chi connectivity index (χ4n) is 0.505. The first kappa shape index (κ1) is 6.80. The van der Waals surface area contributed by atoms with E-state index >= 15 is 0 Å². The molecule has 10 heavy (non-hydrogen) atoms. The van der Waals surface area contributed by atoms with E-state index in [1.807, 2.05) is 0 Å². The molecule has 0 bridgehead atoms. The normalized spacial score (nSPS) is 15.4. The van der Waals surface area contributed by atoms with Crippen LogP contribution in [0.25, 0.3) is 0 Å². The van der Waals surface area contributed by atoms with Crippen molar-refractivity contribution in [3.05, 3.63) is 12.7 Å². The van der Waals surface area contributed by atoms with Crippen molar-refractivity contribution in [2.75, 3.05) is 13.2 Å². The van der Waals surface area contributed by atoms with E-state index in [1.165, 1.54) is 0 Å². The van der Waals surface area contributed by atoms with E-state index in [4.69, 9.17) is 4.74 Å². The lowest BCUT2D eigenvalue weighted by Gasteiger charge is -1.97. The Morgan fingerprint density at radius 2 is 2.70 bits per heavy atom. The van der Waals surface area contributed by atoms with Crippen LogP contribution in [0.5, 0.6) is 0 Å². The third kappa shape index (κ3) is 1.58. The molecule has 0 aromatic carbocycles. The number of esters is 1. The lowest BCUT2D eigenvalue weighted by molar-refractivity contribution is -0.131. The van der Waals surface area contributed by atoms with Gasteiger partial charge in [0.05, 0.1) is 6.54 Å². The van der Waals surface area contributed by atoms with Gasteiger partial charge in [-0.25, -0.2) is 9.79 Å². The number of carbonyl (C=O) groups excluding carboxylic acids is 1. The average Bonchev–Trinajstić information content (AvgIpc) is 2.40. The molecule has 0 aromatic rings. The second-order valence-corrected chi connectivity index (χ2v) is 1.62. The molecule has 1 heterocycles. The summed E-state index contributed by atoms with van der Waals surface area (Å²) < 4.78 is 9.32. The van der Waals surface area contributed by atoms with Gasteiger partial charge in [0.1, 0.15) is 6.61 Å². The molecule has 0 N–H and O–H groups in total. The van der Waals surface area contributed by atoms with Crippen LogP contribution in [0.2, 0.25) is 0 Å². The molecule has 0 spiro atoms. The van der Waals surface area contributed by atoms with Crippen LogP contribution < -0.4 is 0 Å². The van der Waals surface area contributed by atoms with Gasteiger partial charge in [-0.15, -0.1) is 0 Å². The summed E-state index contributed by atoms with van der Waals surface area (Å²) in [5, 5.41) is 0. The summed E-state index contributed by atoms with van der Waals surface area (Å²) in [5.41, 5.74) is 0. The van der Waals surface area contributed by atoms with Crippen molar-refractivity contribution in [1.29, 1.82) is 0 Å². The van der Waals surface area contributed by atoms with Gasteiger partial charge in [0.25, 0.3) is 0 Å². The molecule has 54 valence electrons. The maximum absolute atomic E-state index is 10.5. The van der Waals surface area contributed by atoms with Gasteiger partial charge in [0.2, 0.25) is 0 Å². The Morgan fingerprint density at radius 1 is 1.90 bits per heavy atom. The molecule has 4 nitrogen and oxygen atoms in total. The number of hydrogen-bond acceptors (Lipinski definition) is 4. The van der Waals surface area contributed by atoms with Crippen LogP contribution in [-0.4, -0.2) is 25.2 Å². The van der Waals surface area contributed by atoms with Crippen LogP contribution in [0.3, 0.4) is 0 Å². The highest BCUT2D eigenvalue weighted by Gasteiger charge is 2.10. The summed E-state index contributed by atoms with van der Waals surface area (Å²) in [6.07, 6.45) is 1.11. The van der Waals surface area contributed by atoms with Gasteiger partial charge in [-0.3, -0.25) is 0 Å². The first-order chi connectivity index (χ1) is 4.83. The van der Waals surface area contributed by atoms with Gasteiger partial charge in [-0.05, 0) is 0 Å². The Hall–Kier alpha value is -1.32. The molecule has 0 atom stereocenters. The van der Waals surface area contributed by atoms with E-state index in [2.05, 4.69) is 16.3 Å². The van der Waals surface area contributed by atoms with E-state index in [1.54, 1.807) is 0 Å². The van der Waals surface area contributed by atoms with Crippen molar-refractivity contribution in [2.45, 2.75) is 0 Å². The largest absolute Gasteiger partial charge is 0.448 e. The first-order valence-electron chi connectivity index (χ1n) is 2.84. The molecule has 0 aromatic heterocycles. The van der Waals surface area contributed by atoms with Crippen LogP contribution in [0.4, 0.5) is 0 Å². The summed E-state index contributed by atoms with van der Waals surface area (Å²) in [6, 6.07) is 0. The zero-order valence-electron chi connectivity index (χ0n) is 5.37. The second kappa shape index (κ2) is 3.00. The van der Waals surface area contributed by atoms with Gasteiger partial charge in [-0.2, -0.15) is 0 Å². The molecule has 0 saturated carbocycles. The summed E-state index contributed by atoms with van der Waals surface area (Å²) in [5.74, 6) is -0.541. The number of carbonyl (C=O) groups is 1. The minimum absolute atomic E-state index is 0.0462. The van der Waals surface area contributed by atoms with E-state index < -0.39 is 5.97 Å². The third-order valence-electron chi connectivity index (χ3n) is 0.912. The topological polar surface area (TPSA) is 47.9 Å². The van der Waals surface area contributed by atoms with E-state index in [0.717, 1.165) is 6.08 Å². The standard InChI is InChI=1S/C6H7NO3/c1-2-5(8)10-6-7-3-4-9-6/h2H,1,3-4H2. The van der Waals surface area contributed by atoms with Crippen molar-refractivity contribution in [1.82, 2.24) is 0 Å². The van der Waals surface area contributed by atoms with Gasteiger partial charge >= 0.3 is 12.1 Å². The molecule has 1 aliphatic rings. The molecule has 0 saturated heterocycles. The van der Waals surface area contributed by atoms with Gasteiger partial charge < -0.3 is 9.47 Å².